The summed E-state index contributed by atoms with van der Waals surface area (Å²) in [5.74, 6) is 0.114. The van der Waals surface area contributed by atoms with Crippen LogP contribution in [0.4, 0.5) is 13.2 Å². The molecule has 0 unspecified atom stereocenters. The second-order valence-electron chi connectivity index (χ2n) is 7.46. The number of rotatable bonds is 2. The van der Waals surface area contributed by atoms with Crippen molar-refractivity contribution in [2.75, 3.05) is 13.6 Å². The minimum Gasteiger partial charge on any atom is -0.344 e. The van der Waals surface area contributed by atoms with Gasteiger partial charge >= 0.3 is 6.18 Å². The van der Waals surface area contributed by atoms with E-state index in [1.54, 1.807) is 30.1 Å². The first-order valence-corrected chi connectivity index (χ1v) is 9.10. The van der Waals surface area contributed by atoms with Gasteiger partial charge in [-0.1, -0.05) is 36.4 Å². The molecule has 0 radical (unpaired) electrons. The SMILES string of the molecule is CN1CC[C@]2(CC[C@@H](c3cccc(-c4ccccc4C(F)(F)F)c3)N2)C1=O. The molecular formula is C21H21F3N2O. The Balaban J connectivity index is 1.65. The molecule has 2 heterocycles. The highest BCUT2D eigenvalue weighted by atomic mass is 19.4. The summed E-state index contributed by atoms with van der Waals surface area (Å²) in [5, 5.41) is 3.47. The van der Waals surface area contributed by atoms with Crippen LogP contribution in [-0.2, 0) is 11.0 Å². The van der Waals surface area contributed by atoms with Crippen LogP contribution in [0.3, 0.4) is 0 Å². The lowest BCUT2D eigenvalue weighted by Gasteiger charge is -2.23. The van der Waals surface area contributed by atoms with Crippen molar-refractivity contribution in [1.82, 2.24) is 10.2 Å². The summed E-state index contributed by atoms with van der Waals surface area (Å²) >= 11 is 0. The molecule has 0 saturated carbocycles. The van der Waals surface area contributed by atoms with Crippen molar-refractivity contribution >= 4 is 5.91 Å². The van der Waals surface area contributed by atoms with Gasteiger partial charge in [-0.3, -0.25) is 10.1 Å². The van der Waals surface area contributed by atoms with Crippen molar-refractivity contribution in [1.29, 1.82) is 0 Å². The molecule has 0 aromatic heterocycles. The Kier molecular flexibility index (Phi) is 4.26. The summed E-state index contributed by atoms with van der Waals surface area (Å²) in [6, 6.07) is 12.8. The summed E-state index contributed by atoms with van der Waals surface area (Å²) < 4.78 is 40.1. The summed E-state index contributed by atoms with van der Waals surface area (Å²) in [4.78, 5) is 14.2. The van der Waals surface area contributed by atoms with Crippen molar-refractivity contribution in [2.45, 2.75) is 37.0 Å². The smallest absolute Gasteiger partial charge is 0.344 e. The normalized spacial score (nSPS) is 25.6. The van der Waals surface area contributed by atoms with Gasteiger partial charge in [0.25, 0.3) is 0 Å². The maximum atomic E-state index is 13.4. The highest BCUT2D eigenvalue weighted by Gasteiger charge is 2.50. The van der Waals surface area contributed by atoms with Crippen LogP contribution in [0, 0.1) is 0 Å². The molecule has 2 aliphatic heterocycles. The van der Waals surface area contributed by atoms with Crippen molar-refractivity contribution < 1.29 is 18.0 Å². The number of alkyl halides is 3. The maximum Gasteiger partial charge on any atom is 0.417 e. The molecule has 0 aliphatic carbocycles. The first kappa shape index (κ1) is 18.0. The van der Waals surface area contributed by atoms with E-state index in [0.29, 0.717) is 5.56 Å². The summed E-state index contributed by atoms with van der Waals surface area (Å²) in [5.41, 5.74) is 0.489. The summed E-state index contributed by atoms with van der Waals surface area (Å²) in [6.45, 7) is 0.734. The number of halogens is 3. The Morgan fingerprint density at radius 2 is 1.89 bits per heavy atom. The number of amides is 1. The molecule has 0 bridgehead atoms. The summed E-state index contributed by atoms with van der Waals surface area (Å²) in [6.07, 6.45) is -2.08. The van der Waals surface area contributed by atoms with E-state index in [1.165, 1.54) is 12.1 Å². The molecule has 2 aliphatic rings. The van der Waals surface area contributed by atoms with Crippen LogP contribution >= 0.6 is 0 Å². The molecule has 2 aromatic carbocycles. The number of likely N-dealkylation sites (tertiary alicyclic amines) is 1. The van der Waals surface area contributed by atoms with Crippen molar-refractivity contribution in [3.05, 3.63) is 59.7 Å². The van der Waals surface area contributed by atoms with Crippen LogP contribution in [0.25, 0.3) is 11.1 Å². The molecule has 1 N–H and O–H groups in total. The number of nitrogens with zero attached hydrogens (tertiary/aromatic N) is 1. The highest BCUT2D eigenvalue weighted by Crippen LogP contribution is 2.41. The van der Waals surface area contributed by atoms with Gasteiger partial charge in [-0.2, -0.15) is 13.2 Å². The molecule has 2 fully saturated rings. The Labute approximate surface area is 156 Å². The zero-order valence-corrected chi connectivity index (χ0v) is 15.0. The second kappa shape index (κ2) is 6.37. The lowest BCUT2D eigenvalue weighted by atomic mass is 9.94. The number of hydrogen-bond acceptors (Lipinski definition) is 2. The Morgan fingerprint density at radius 3 is 2.59 bits per heavy atom. The molecule has 3 nitrogen and oxygen atoms in total. The Bertz CT molecular complexity index is 880. The molecular weight excluding hydrogens is 353 g/mol. The van der Waals surface area contributed by atoms with E-state index in [0.717, 1.165) is 37.4 Å². The van der Waals surface area contributed by atoms with E-state index < -0.39 is 17.3 Å². The number of carbonyl (C=O) groups is 1. The minimum absolute atomic E-state index is 0.0292. The molecule has 27 heavy (non-hydrogen) atoms. The van der Waals surface area contributed by atoms with Gasteiger partial charge in [0.15, 0.2) is 0 Å². The number of hydrogen-bond donors (Lipinski definition) is 1. The average molecular weight is 374 g/mol. The monoisotopic (exact) mass is 374 g/mol. The molecule has 1 amide bonds. The van der Waals surface area contributed by atoms with Gasteiger partial charge < -0.3 is 4.90 Å². The standard InChI is InChI=1S/C21H21F3N2O/c1-26-12-11-20(19(26)27)10-9-18(25-20)15-6-4-5-14(13-15)16-7-2-3-8-17(16)21(22,23)24/h2-8,13,18,25H,9-12H2,1H3/t18-,20+/m0/s1. The van der Waals surface area contributed by atoms with Gasteiger partial charge in [-0.05, 0) is 48.1 Å². The van der Waals surface area contributed by atoms with Gasteiger partial charge in [0.1, 0.15) is 5.54 Å². The maximum absolute atomic E-state index is 13.4. The van der Waals surface area contributed by atoms with Crippen molar-refractivity contribution in [3.8, 4) is 11.1 Å². The van der Waals surface area contributed by atoms with E-state index in [4.69, 9.17) is 0 Å². The van der Waals surface area contributed by atoms with Crippen LogP contribution < -0.4 is 5.32 Å². The predicted octanol–water partition coefficient (Wildman–Crippen LogP) is 4.40. The zero-order chi connectivity index (χ0) is 19.2. The van der Waals surface area contributed by atoms with Crippen molar-refractivity contribution in [2.24, 2.45) is 0 Å². The minimum atomic E-state index is -4.40. The fourth-order valence-corrected chi connectivity index (χ4v) is 4.32. The lowest BCUT2D eigenvalue weighted by Crippen LogP contribution is -2.47. The number of likely N-dealkylation sites (N-methyl/N-ethyl adjacent to an activating group) is 1. The first-order valence-electron chi connectivity index (χ1n) is 9.10. The average Bonchev–Trinajstić information content (AvgIpc) is 3.21. The fraction of sp³-hybridized carbons (Fsp3) is 0.381. The highest BCUT2D eigenvalue weighted by molar-refractivity contribution is 5.88. The molecule has 2 aromatic rings. The fourth-order valence-electron chi connectivity index (χ4n) is 4.32. The first-order chi connectivity index (χ1) is 12.8. The Morgan fingerprint density at radius 1 is 1.11 bits per heavy atom. The third-order valence-corrected chi connectivity index (χ3v) is 5.77. The van der Waals surface area contributed by atoms with Gasteiger partial charge in [-0.25, -0.2) is 0 Å². The Hall–Kier alpha value is -2.34. The van der Waals surface area contributed by atoms with E-state index in [9.17, 15) is 18.0 Å². The van der Waals surface area contributed by atoms with Crippen LogP contribution in [0.15, 0.2) is 48.5 Å². The van der Waals surface area contributed by atoms with Gasteiger partial charge in [0.05, 0.1) is 5.56 Å². The molecule has 1 spiro atoms. The molecule has 142 valence electrons. The predicted molar refractivity (Wildman–Crippen MR) is 97.0 cm³/mol. The number of nitrogens with one attached hydrogen (secondary N) is 1. The van der Waals surface area contributed by atoms with E-state index in [1.807, 2.05) is 12.1 Å². The zero-order valence-electron chi connectivity index (χ0n) is 15.0. The van der Waals surface area contributed by atoms with Gasteiger partial charge in [-0.15, -0.1) is 0 Å². The van der Waals surface area contributed by atoms with Crippen LogP contribution in [-0.4, -0.2) is 29.9 Å². The van der Waals surface area contributed by atoms with Crippen LogP contribution in [0.2, 0.25) is 0 Å². The van der Waals surface area contributed by atoms with Gasteiger partial charge in [0, 0.05) is 19.6 Å². The number of benzene rings is 2. The third-order valence-electron chi connectivity index (χ3n) is 5.77. The summed E-state index contributed by atoms with van der Waals surface area (Å²) in [7, 11) is 1.81. The van der Waals surface area contributed by atoms with E-state index >= 15 is 0 Å². The van der Waals surface area contributed by atoms with Crippen LogP contribution in [0.5, 0.6) is 0 Å². The van der Waals surface area contributed by atoms with Crippen LogP contribution in [0.1, 0.15) is 36.4 Å². The quantitative estimate of drug-likeness (QED) is 0.845. The number of carbonyl (C=O) groups excluding carboxylic acids is 1. The molecule has 2 saturated heterocycles. The topological polar surface area (TPSA) is 32.3 Å². The molecule has 2 atom stereocenters. The third kappa shape index (κ3) is 3.12. The van der Waals surface area contributed by atoms with Crippen molar-refractivity contribution in [3.63, 3.8) is 0 Å². The molecule has 4 rings (SSSR count). The van der Waals surface area contributed by atoms with Gasteiger partial charge in [0.2, 0.25) is 5.91 Å². The lowest BCUT2D eigenvalue weighted by molar-refractivity contribution is -0.137. The molecule has 6 heteroatoms. The van der Waals surface area contributed by atoms with E-state index in [-0.39, 0.29) is 17.5 Å². The largest absolute Gasteiger partial charge is 0.417 e. The second-order valence-corrected chi connectivity index (χ2v) is 7.46. The van der Waals surface area contributed by atoms with E-state index in [2.05, 4.69) is 5.32 Å².